The topological polar surface area (TPSA) is 217 Å². The molecule has 3 heterocycles. The second-order valence-corrected chi connectivity index (χ2v) is 16.8. The number of ether oxygens (including phenoxy) is 3. The van der Waals surface area contributed by atoms with Gasteiger partial charge in [-0.05, 0) is 49.2 Å². The highest BCUT2D eigenvalue weighted by molar-refractivity contribution is 7.47. The third-order valence-corrected chi connectivity index (χ3v) is 11.6. The molecule has 15 nitrogen and oxygen atoms in total. The number of aliphatic hydroxyl groups excluding tert-OH is 2. The molecule has 2 aromatic heterocycles. The van der Waals surface area contributed by atoms with Crippen LogP contribution in [-0.4, -0.2) is 91.6 Å². The Morgan fingerprint density at radius 1 is 0.948 bits per heavy atom. The first-order chi connectivity index (χ1) is 27.8. The predicted molar refractivity (Wildman–Crippen MR) is 216 cm³/mol. The fourth-order valence-corrected chi connectivity index (χ4v) is 7.99. The van der Waals surface area contributed by atoms with Crippen molar-refractivity contribution in [2.45, 2.75) is 153 Å². The number of anilines is 1. The van der Waals surface area contributed by atoms with Crippen molar-refractivity contribution in [3.63, 3.8) is 0 Å². The number of halogens is 1. The van der Waals surface area contributed by atoms with Gasteiger partial charge in [0.2, 0.25) is 0 Å². The number of benzene rings is 1. The molecule has 6 atom stereocenters. The maximum atomic E-state index is 14.1. The quantitative estimate of drug-likeness (QED) is 0.0325. The third kappa shape index (κ3) is 14.9. The summed E-state index contributed by atoms with van der Waals surface area (Å²) in [6.45, 7) is 2.85. The summed E-state index contributed by atoms with van der Waals surface area (Å²) in [6.07, 6.45) is 16.1. The molecule has 326 valence electrons. The molecule has 0 bridgehead atoms. The molecule has 1 fully saturated rings. The van der Waals surface area contributed by atoms with Crippen LogP contribution in [0.5, 0.6) is 0 Å². The molecule has 1 aliphatic heterocycles. The number of nitrogen functional groups attached to an aromatic ring is 1. The SMILES string of the molecule is CCCCCCCCCCCCCCCCCCOC[C@H](COP(=O)(O)OC[C@H]1O[C@@](C)(c2ccc3c(N)ncnn23)[C@H](O)[C@@H]1O)OCc1cc(F)cc(C(=O)O)c1. The number of hydrogen-bond acceptors (Lipinski definition) is 12. The molecule has 6 N–H and O–H groups in total. The summed E-state index contributed by atoms with van der Waals surface area (Å²) in [6, 6.07) is 6.56. The van der Waals surface area contributed by atoms with Crippen LogP contribution in [0.4, 0.5) is 10.2 Å². The van der Waals surface area contributed by atoms with E-state index in [1.165, 1.54) is 107 Å². The average molecular weight is 839 g/mol. The molecule has 3 aromatic rings. The lowest BCUT2D eigenvalue weighted by Gasteiger charge is -2.27. The van der Waals surface area contributed by atoms with Crippen LogP contribution in [0.2, 0.25) is 0 Å². The average Bonchev–Trinajstić information content (AvgIpc) is 3.73. The minimum atomic E-state index is -4.78. The Morgan fingerprint density at radius 3 is 2.19 bits per heavy atom. The number of carbonyl (C=O) groups is 1. The smallest absolute Gasteiger partial charge is 0.472 e. The number of aliphatic hydroxyl groups is 2. The molecule has 58 heavy (non-hydrogen) atoms. The van der Waals surface area contributed by atoms with E-state index >= 15 is 0 Å². The zero-order chi connectivity index (χ0) is 42.0. The summed E-state index contributed by atoms with van der Waals surface area (Å²) < 4.78 is 56.7. The van der Waals surface area contributed by atoms with Crippen LogP contribution in [-0.2, 0) is 40.0 Å². The molecular formula is C41H64FN4O11P. The molecule has 0 saturated carbocycles. The second kappa shape index (κ2) is 24.3. The van der Waals surface area contributed by atoms with Gasteiger partial charge in [-0.2, -0.15) is 5.10 Å². The number of hydrogen-bond donors (Lipinski definition) is 5. The summed E-state index contributed by atoms with van der Waals surface area (Å²) in [4.78, 5) is 26.0. The standard InChI is InChI=1S/C41H64FN4O11P/c1-3-4-5-6-7-8-9-10-11-12-13-14-15-16-17-18-21-53-26-33(54-25-30-22-31(40(49)50)24-32(42)23-30)27-55-58(51,52)56-28-35-37(47)38(48)41(2,57-35)36-20-19-34-39(43)44-29-45-46(34)36/h19-20,22-24,29,33,35,37-38,47-48H,3-18,21,25-28H2,1-2H3,(H,49,50)(H,51,52)(H2,43,44,45)/t33-,35-,37-,38-,41+/m1/s1. The maximum Gasteiger partial charge on any atom is 0.472 e. The van der Waals surface area contributed by atoms with Gasteiger partial charge in [-0.15, -0.1) is 0 Å². The lowest BCUT2D eigenvalue weighted by Crippen LogP contribution is -2.39. The van der Waals surface area contributed by atoms with E-state index in [9.17, 15) is 34.0 Å². The maximum absolute atomic E-state index is 14.1. The molecular weight excluding hydrogens is 774 g/mol. The van der Waals surface area contributed by atoms with Crippen LogP contribution in [0.3, 0.4) is 0 Å². The van der Waals surface area contributed by atoms with Crippen LogP contribution >= 0.6 is 7.82 Å². The second-order valence-electron chi connectivity index (χ2n) is 15.4. The van der Waals surface area contributed by atoms with Crippen LogP contribution in [0.1, 0.15) is 138 Å². The van der Waals surface area contributed by atoms with E-state index < -0.39 is 62.8 Å². The zero-order valence-corrected chi connectivity index (χ0v) is 34.9. The Kier molecular flexibility index (Phi) is 19.9. The summed E-state index contributed by atoms with van der Waals surface area (Å²) in [5.41, 5.74) is 5.25. The highest BCUT2D eigenvalue weighted by atomic mass is 31.2. The van der Waals surface area contributed by atoms with Gasteiger partial charge in [-0.25, -0.2) is 23.2 Å². The van der Waals surface area contributed by atoms with Crippen molar-refractivity contribution in [1.29, 1.82) is 0 Å². The zero-order valence-electron chi connectivity index (χ0n) is 34.0. The van der Waals surface area contributed by atoms with Gasteiger partial charge in [0.1, 0.15) is 47.7 Å². The van der Waals surface area contributed by atoms with Gasteiger partial charge in [0.15, 0.2) is 5.82 Å². The Morgan fingerprint density at radius 2 is 1.57 bits per heavy atom. The minimum Gasteiger partial charge on any atom is -0.478 e. The fourth-order valence-electron chi connectivity index (χ4n) is 7.22. The van der Waals surface area contributed by atoms with Crippen molar-refractivity contribution in [2.24, 2.45) is 0 Å². The number of rotatable bonds is 30. The molecule has 1 unspecified atom stereocenters. The first-order valence-corrected chi connectivity index (χ1v) is 22.3. The number of phosphoric acid groups is 1. The number of aromatic nitrogens is 3. The van der Waals surface area contributed by atoms with Gasteiger partial charge >= 0.3 is 13.8 Å². The number of fused-ring (bicyclic) bond motifs is 1. The number of carboxylic acid groups (broad SMARTS) is 1. The van der Waals surface area contributed by atoms with Gasteiger partial charge in [-0.3, -0.25) is 9.05 Å². The van der Waals surface area contributed by atoms with Crippen molar-refractivity contribution in [3.05, 3.63) is 59.3 Å². The summed E-state index contributed by atoms with van der Waals surface area (Å²) in [5, 5.41) is 35.3. The number of nitrogens with two attached hydrogens (primary N) is 1. The molecule has 1 aliphatic rings. The van der Waals surface area contributed by atoms with Crippen molar-refractivity contribution >= 4 is 25.1 Å². The van der Waals surface area contributed by atoms with E-state index in [-0.39, 0.29) is 30.2 Å². The van der Waals surface area contributed by atoms with Crippen LogP contribution < -0.4 is 5.73 Å². The molecule has 0 radical (unpaired) electrons. The van der Waals surface area contributed by atoms with Gasteiger partial charge < -0.3 is 40.2 Å². The van der Waals surface area contributed by atoms with E-state index in [0.717, 1.165) is 31.4 Å². The van der Waals surface area contributed by atoms with Crippen molar-refractivity contribution < 1.29 is 57.2 Å². The van der Waals surface area contributed by atoms with Crippen molar-refractivity contribution in [2.75, 3.05) is 32.2 Å². The van der Waals surface area contributed by atoms with E-state index in [1.54, 1.807) is 12.1 Å². The fraction of sp³-hybridized carbons (Fsp3) is 0.683. The molecule has 0 spiro atoms. The van der Waals surface area contributed by atoms with E-state index in [1.807, 2.05) is 0 Å². The molecule has 17 heteroatoms. The highest BCUT2D eigenvalue weighted by Crippen LogP contribution is 2.46. The largest absolute Gasteiger partial charge is 0.478 e. The number of carboxylic acids is 1. The molecule has 4 rings (SSSR count). The summed E-state index contributed by atoms with van der Waals surface area (Å²) >= 11 is 0. The summed E-state index contributed by atoms with van der Waals surface area (Å²) in [7, 11) is -4.78. The van der Waals surface area contributed by atoms with E-state index in [4.69, 9.17) is 29.0 Å². The molecule has 1 saturated heterocycles. The highest BCUT2D eigenvalue weighted by Gasteiger charge is 2.54. The van der Waals surface area contributed by atoms with Crippen LogP contribution in [0.25, 0.3) is 5.52 Å². The van der Waals surface area contributed by atoms with Gasteiger partial charge in [0, 0.05) is 6.61 Å². The molecule has 0 amide bonds. The third-order valence-electron chi connectivity index (χ3n) is 10.6. The van der Waals surface area contributed by atoms with Crippen molar-refractivity contribution in [1.82, 2.24) is 14.6 Å². The van der Waals surface area contributed by atoms with E-state index in [0.29, 0.717) is 17.8 Å². The Labute approximate surface area is 341 Å². The Bertz CT molecular complexity index is 1730. The number of aromatic carboxylic acids is 1. The Balaban J connectivity index is 1.20. The number of nitrogens with zero attached hydrogens (tertiary/aromatic N) is 3. The normalized spacial score (nSPS) is 21.1. The molecule has 0 aliphatic carbocycles. The minimum absolute atomic E-state index is 0.0336. The first kappa shape index (κ1) is 47.6. The Hall–Kier alpha value is -3.05. The van der Waals surface area contributed by atoms with E-state index in [2.05, 4.69) is 17.0 Å². The lowest BCUT2D eigenvalue weighted by atomic mass is 9.93. The lowest BCUT2D eigenvalue weighted by molar-refractivity contribution is -0.0901. The number of unbranched alkanes of at least 4 members (excludes halogenated alkanes) is 15. The monoisotopic (exact) mass is 838 g/mol. The van der Waals surface area contributed by atoms with Crippen LogP contribution in [0.15, 0.2) is 36.7 Å². The first-order valence-electron chi connectivity index (χ1n) is 20.8. The number of phosphoric ester groups is 1. The molecule has 1 aromatic carbocycles. The van der Waals surface area contributed by atoms with Crippen molar-refractivity contribution in [3.8, 4) is 0 Å². The van der Waals surface area contributed by atoms with Gasteiger partial charge in [0.05, 0.1) is 37.7 Å². The summed E-state index contributed by atoms with van der Waals surface area (Å²) in [5.74, 6) is -1.85. The predicted octanol–water partition coefficient (Wildman–Crippen LogP) is 7.48. The van der Waals surface area contributed by atoms with Crippen LogP contribution in [0, 0.1) is 5.82 Å². The van der Waals surface area contributed by atoms with Gasteiger partial charge in [-0.1, -0.05) is 103 Å². The van der Waals surface area contributed by atoms with Gasteiger partial charge in [0.25, 0.3) is 0 Å².